The van der Waals surface area contributed by atoms with Gasteiger partial charge < -0.3 is 5.32 Å². The lowest BCUT2D eigenvalue weighted by Crippen LogP contribution is -2.39. The monoisotopic (exact) mass is 318 g/mol. The quantitative estimate of drug-likeness (QED) is 0.845. The van der Waals surface area contributed by atoms with Crippen LogP contribution in [0.5, 0.6) is 0 Å². The summed E-state index contributed by atoms with van der Waals surface area (Å²) >= 11 is 1.72. The number of sulfonamides is 1. The van der Waals surface area contributed by atoms with E-state index in [0.29, 0.717) is 19.6 Å². The van der Waals surface area contributed by atoms with Gasteiger partial charge >= 0.3 is 0 Å². The van der Waals surface area contributed by atoms with Crippen molar-refractivity contribution in [3.8, 4) is 0 Å². The standard InChI is InChI=1S/C11H18N4O3S2/c1-3-14-8-9(10(16)12-2)11(13-14)20(17,18)15-4-6-19-7-5-15/h8H,3-7H2,1-2H3,(H,12,16). The van der Waals surface area contributed by atoms with Gasteiger partial charge in [-0.3, -0.25) is 9.48 Å². The van der Waals surface area contributed by atoms with E-state index >= 15 is 0 Å². The molecule has 20 heavy (non-hydrogen) atoms. The molecule has 1 aliphatic heterocycles. The van der Waals surface area contributed by atoms with Gasteiger partial charge in [0.2, 0.25) is 5.03 Å². The molecule has 2 heterocycles. The summed E-state index contributed by atoms with van der Waals surface area (Å²) in [5, 5.41) is 6.37. The summed E-state index contributed by atoms with van der Waals surface area (Å²) in [5.41, 5.74) is 0.104. The molecule has 112 valence electrons. The predicted octanol–water partition coefficient (Wildman–Crippen LogP) is 0.000100. The molecule has 0 radical (unpaired) electrons. The molecule has 0 atom stereocenters. The largest absolute Gasteiger partial charge is 0.355 e. The smallest absolute Gasteiger partial charge is 0.263 e. The Balaban J connectivity index is 2.44. The Kier molecular flexibility index (Phi) is 4.71. The van der Waals surface area contributed by atoms with Crippen molar-refractivity contribution in [3.63, 3.8) is 0 Å². The Bertz CT molecular complexity index is 591. The lowest BCUT2D eigenvalue weighted by atomic mass is 10.3. The zero-order chi connectivity index (χ0) is 14.8. The molecule has 9 heteroatoms. The number of rotatable bonds is 4. The lowest BCUT2D eigenvalue weighted by molar-refractivity contribution is 0.0959. The molecule has 1 aromatic heterocycles. The molecule has 1 amide bonds. The van der Waals surface area contributed by atoms with E-state index in [1.54, 1.807) is 11.8 Å². The van der Waals surface area contributed by atoms with E-state index < -0.39 is 15.9 Å². The average Bonchev–Trinajstić information content (AvgIpc) is 2.92. The highest BCUT2D eigenvalue weighted by Crippen LogP contribution is 2.22. The van der Waals surface area contributed by atoms with Crippen molar-refractivity contribution >= 4 is 27.7 Å². The van der Waals surface area contributed by atoms with E-state index in [9.17, 15) is 13.2 Å². The lowest BCUT2D eigenvalue weighted by Gasteiger charge is -2.24. The Hall–Kier alpha value is -1.06. The molecule has 0 aliphatic carbocycles. The molecule has 1 aromatic rings. The summed E-state index contributed by atoms with van der Waals surface area (Å²) in [7, 11) is -2.24. The fraction of sp³-hybridized carbons (Fsp3) is 0.636. The number of amides is 1. The maximum Gasteiger partial charge on any atom is 0.263 e. The molecule has 0 aromatic carbocycles. The normalized spacial score (nSPS) is 17.1. The number of carbonyl (C=O) groups is 1. The summed E-state index contributed by atoms with van der Waals surface area (Å²) in [6.45, 7) is 3.27. The van der Waals surface area contributed by atoms with Crippen molar-refractivity contribution in [2.75, 3.05) is 31.6 Å². The number of nitrogens with zero attached hydrogens (tertiary/aromatic N) is 3. The van der Waals surface area contributed by atoms with Gasteiger partial charge in [0.25, 0.3) is 15.9 Å². The highest BCUT2D eigenvalue weighted by atomic mass is 32.2. The molecule has 2 rings (SSSR count). The van der Waals surface area contributed by atoms with E-state index in [1.165, 1.54) is 22.2 Å². The number of carbonyl (C=O) groups excluding carboxylic acids is 1. The Morgan fingerprint density at radius 1 is 1.45 bits per heavy atom. The number of aromatic nitrogens is 2. The van der Waals surface area contributed by atoms with Crippen LogP contribution in [0.2, 0.25) is 0 Å². The van der Waals surface area contributed by atoms with Crippen molar-refractivity contribution < 1.29 is 13.2 Å². The van der Waals surface area contributed by atoms with E-state index in [2.05, 4.69) is 10.4 Å². The van der Waals surface area contributed by atoms with Crippen LogP contribution in [0.3, 0.4) is 0 Å². The second-order valence-electron chi connectivity index (χ2n) is 4.30. The predicted molar refractivity (Wildman–Crippen MR) is 77.4 cm³/mol. The van der Waals surface area contributed by atoms with Crippen molar-refractivity contribution in [2.24, 2.45) is 0 Å². The molecular formula is C11H18N4O3S2. The molecule has 1 N–H and O–H groups in total. The Morgan fingerprint density at radius 2 is 2.10 bits per heavy atom. The Morgan fingerprint density at radius 3 is 2.65 bits per heavy atom. The van der Waals surface area contributed by atoms with Crippen LogP contribution < -0.4 is 5.32 Å². The van der Waals surface area contributed by atoms with Crippen LogP contribution in [0.15, 0.2) is 11.2 Å². The fourth-order valence-electron chi connectivity index (χ4n) is 1.96. The van der Waals surface area contributed by atoms with Crippen molar-refractivity contribution in [3.05, 3.63) is 11.8 Å². The molecule has 1 saturated heterocycles. The number of aryl methyl sites for hydroxylation is 1. The van der Waals surface area contributed by atoms with E-state index in [-0.39, 0.29) is 10.6 Å². The second kappa shape index (κ2) is 6.15. The summed E-state index contributed by atoms with van der Waals surface area (Å²) in [5.74, 6) is 1.10. The molecule has 0 unspecified atom stereocenters. The average molecular weight is 318 g/mol. The van der Waals surface area contributed by atoms with Crippen LogP contribution in [-0.4, -0.2) is 60.1 Å². The van der Waals surface area contributed by atoms with Gasteiger partial charge in [0, 0.05) is 44.4 Å². The minimum absolute atomic E-state index is 0.104. The molecule has 1 fully saturated rings. The van der Waals surface area contributed by atoms with Gasteiger partial charge in [-0.2, -0.15) is 21.2 Å². The zero-order valence-corrected chi connectivity index (χ0v) is 13.1. The highest BCUT2D eigenvalue weighted by Gasteiger charge is 2.33. The number of hydrogen-bond donors (Lipinski definition) is 1. The van der Waals surface area contributed by atoms with Crippen molar-refractivity contribution in [1.82, 2.24) is 19.4 Å². The molecule has 0 saturated carbocycles. The maximum atomic E-state index is 12.6. The van der Waals surface area contributed by atoms with Gasteiger partial charge in [0.1, 0.15) is 0 Å². The van der Waals surface area contributed by atoms with Crippen LogP contribution in [0.25, 0.3) is 0 Å². The number of nitrogens with one attached hydrogen (secondary N) is 1. The zero-order valence-electron chi connectivity index (χ0n) is 11.5. The first-order valence-electron chi connectivity index (χ1n) is 6.38. The first-order valence-corrected chi connectivity index (χ1v) is 8.97. The molecule has 0 bridgehead atoms. The molecular weight excluding hydrogens is 300 g/mol. The minimum atomic E-state index is -3.71. The topological polar surface area (TPSA) is 84.3 Å². The first-order chi connectivity index (χ1) is 9.50. The van der Waals surface area contributed by atoms with E-state index in [4.69, 9.17) is 0 Å². The third-order valence-corrected chi connectivity index (χ3v) is 5.86. The minimum Gasteiger partial charge on any atom is -0.355 e. The van der Waals surface area contributed by atoms with Crippen LogP contribution in [-0.2, 0) is 16.6 Å². The van der Waals surface area contributed by atoms with Crippen LogP contribution >= 0.6 is 11.8 Å². The number of hydrogen-bond acceptors (Lipinski definition) is 5. The first kappa shape index (κ1) is 15.3. The van der Waals surface area contributed by atoms with Crippen LogP contribution in [0, 0.1) is 0 Å². The molecule has 1 aliphatic rings. The summed E-state index contributed by atoms with van der Waals surface area (Å²) in [4.78, 5) is 11.8. The van der Waals surface area contributed by atoms with Crippen LogP contribution in [0.1, 0.15) is 17.3 Å². The van der Waals surface area contributed by atoms with E-state index in [0.717, 1.165) is 11.5 Å². The fourth-order valence-corrected chi connectivity index (χ4v) is 4.63. The third-order valence-electron chi connectivity index (χ3n) is 3.08. The van der Waals surface area contributed by atoms with Gasteiger partial charge in [-0.15, -0.1) is 0 Å². The van der Waals surface area contributed by atoms with Crippen LogP contribution in [0.4, 0.5) is 0 Å². The Labute approximate surface area is 122 Å². The SMILES string of the molecule is CCn1cc(C(=O)NC)c(S(=O)(=O)N2CCSCC2)n1. The third kappa shape index (κ3) is 2.84. The van der Waals surface area contributed by atoms with Gasteiger partial charge in [-0.25, -0.2) is 8.42 Å². The maximum absolute atomic E-state index is 12.6. The number of thioether (sulfide) groups is 1. The molecule has 0 spiro atoms. The van der Waals surface area contributed by atoms with Gasteiger partial charge in [0.05, 0.1) is 5.56 Å². The second-order valence-corrected chi connectivity index (χ2v) is 7.38. The van der Waals surface area contributed by atoms with Crippen molar-refractivity contribution in [2.45, 2.75) is 18.5 Å². The van der Waals surface area contributed by atoms with Crippen molar-refractivity contribution in [1.29, 1.82) is 0 Å². The highest BCUT2D eigenvalue weighted by molar-refractivity contribution is 7.99. The molecule has 7 nitrogen and oxygen atoms in total. The van der Waals surface area contributed by atoms with E-state index in [1.807, 2.05) is 6.92 Å². The van der Waals surface area contributed by atoms with Gasteiger partial charge in [-0.05, 0) is 6.92 Å². The van der Waals surface area contributed by atoms with Gasteiger partial charge in [-0.1, -0.05) is 0 Å². The summed E-state index contributed by atoms with van der Waals surface area (Å²) in [6, 6.07) is 0. The van der Waals surface area contributed by atoms with Gasteiger partial charge in [0.15, 0.2) is 0 Å². The summed E-state index contributed by atoms with van der Waals surface area (Å²) in [6.07, 6.45) is 1.48. The summed E-state index contributed by atoms with van der Waals surface area (Å²) < 4.78 is 28.1.